The van der Waals surface area contributed by atoms with Gasteiger partial charge in [-0.25, -0.2) is 22.3 Å². The first kappa shape index (κ1) is 28.2. The van der Waals surface area contributed by atoms with Gasteiger partial charge >= 0.3 is 11.9 Å². The van der Waals surface area contributed by atoms with E-state index in [0.29, 0.717) is 47.0 Å². The lowest BCUT2D eigenvalue weighted by atomic mass is 10.1. The van der Waals surface area contributed by atoms with Crippen molar-refractivity contribution in [1.29, 1.82) is 0 Å². The monoisotopic (exact) mass is 598 g/mol. The Bertz CT molecular complexity index is 1430. The van der Waals surface area contributed by atoms with Gasteiger partial charge in [-0.15, -0.1) is 11.3 Å². The van der Waals surface area contributed by atoms with Gasteiger partial charge < -0.3 is 20.3 Å². The predicted octanol–water partition coefficient (Wildman–Crippen LogP) is 5.29. The molecule has 202 valence electrons. The molecule has 1 aliphatic heterocycles. The highest BCUT2D eigenvalue weighted by Crippen LogP contribution is 2.46. The molecule has 4 rings (SSSR count). The maximum atomic E-state index is 12.9. The van der Waals surface area contributed by atoms with Gasteiger partial charge in [0.2, 0.25) is 10.0 Å². The second kappa shape index (κ2) is 11.9. The molecule has 1 aliphatic rings. The smallest absolute Gasteiger partial charge is 0.349 e. The van der Waals surface area contributed by atoms with E-state index in [1.165, 1.54) is 4.31 Å². The summed E-state index contributed by atoms with van der Waals surface area (Å²) in [6.07, 6.45) is 1.22. The fraction of sp³-hybridized carbons (Fsp3) is 0.280. The number of piperidine rings is 1. The Balaban J connectivity index is 1.42. The summed E-state index contributed by atoms with van der Waals surface area (Å²) in [6, 6.07) is 14.0. The third kappa shape index (κ3) is 6.78. The van der Waals surface area contributed by atoms with E-state index in [1.54, 1.807) is 36.4 Å². The molecule has 2 heterocycles. The van der Waals surface area contributed by atoms with Crippen molar-refractivity contribution < 1.29 is 33.0 Å². The van der Waals surface area contributed by atoms with E-state index in [0.717, 1.165) is 17.0 Å². The van der Waals surface area contributed by atoms with Crippen molar-refractivity contribution in [3.05, 3.63) is 69.0 Å². The number of hydrogen-bond acceptors (Lipinski definition) is 7. The largest absolute Gasteiger partial charge is 0.479 e. The number of halogens is 2. The number of ether oxygens (including phenoxy) is 1. The first-order valence-corrected chi connectivity index (χ1v) is 14.7. The molecule has 1 saturated heterocycles. The molecule has 0 atom stereocenters. The zero-order valence-corrected chi connectivity index (χ0v) is 23.0. The summed E-state index contributed by atoms with van der Waals surface area (Å²) < 4.78 is 32.4. The molecule has 0 aliphatic carbocycles. The predicted molar refractivity (Wildman–Crippen MR) is 147 cm³/mol. The van der Waals surface area contributed by atoms with E-state index in [9.17, 15) is 23.1 Å². The average Bonchev–Trinajstić information content (AvgIpc) is 3.21. The summed E-state index contributed by atoms with van der Waals surface area (Å²) in [7, 11) is -3.46. The average molecular weight is 600 g/mol. The molecule has 13 heteroatoms. The quantitative estimate of drug-likeness (QED) is 0.286. The molecule has 1 fully saturated rings. The lowest BCUT2D eigenvalue weighted by molar-refractivity contribution is -0.139. The Kier molecular flexibility index (Phi) is 8.84. The highest BCUT2D eigenvalue weighted by Gasteiger charge is 2.29. The van der Waals surface area contributed by atoms with Crippen molar-refractivity contribution in [1.82, 2.24) is 4.31 Å². The molecular formula is C25H24Cl2N2O7S2. The molecule has 3 aromatic rings. The van der Waals surface area contributed by atoms with Crippen LogP contribution in [-0.4, -0.2) is 60.6 Å². The van der Waals surface area contributed by atoms with E-state index in [-0.39, 0.29) is 27.4 Å². The molecule has 0 radical (unpaired) electrons. The van der Waals surface area contributed by atoms with Gasteiger partial charge in [-0.1, -0.05) is 47.5 Å². The minimum Gasteiger partial charge on any atom is -0.479 e. The number of sulfonamides is 1. The number of benzene rings is 2. The highest BCUT2D eigenvalue weighted by atomic mass is 35.5. The Morgan fingerprint density at radius 1 is 1.08 bits per heavy atom. The number of nitrogens with one attached hydrogen (secondary N) is 1. The van der Waals surface area contributed by atoms with Crippen LogP contribution in [0.1, 0.15) is 28.1 Å². The zero-order chi connectivity index (χ0) is 27.4. The third-order valence-corrected chi connectivity index (χ3v) is 9.73. The number of carboxylic acids is 2. The number of thiophene rings is 1. The summed E-state index contributed by atoms with van der Waals surface area (Å²) in [5, 5.41) is 22.4. The minimum atomic E-state index is -3.46. The second-order valence-corrected chi connectivity index (χ2v) is 12.5. The van der Waals surface area contributed by atoms with Crippen LogP contribution in [0.15, 0.2) is 48.5 Å². The SMILES string of the molecule is O=C(O)COc1c(C(=O)O)sc(-c2cccc(NC3CCN(S(=O)(=O)Cc4ccc(Cl)cc4)CC3)c2)c1Cl. The van der Waals surface area contributed by atoms with Crippen LogP contribution in [0.2, 0.25) is 10.0 Å². The lowest BCUT2D eigenvalue weighted by Gasteiger charge is -2.32. The molecule has 1 aromatic heterocycles. The van der Waals surface area contributed by atoms with Gasteiger partial charge in [0.25, 0.3) is 0 Å². The van der Waals surface area contributed by atoms with Gasteiger partial charge in [-0.05, 0) is 48.2 Å². The van der Waals surface area contributed by atoms with Crippen molar-refractivity contribution >= 4 is 62.2 Å². The first-order chi connectivity index (χ1) is 18.0. The molecule has 0 saturated carbocycles. The number of aromatic carboxylic acids is 1. The topological polar surface area (TPSA) is 133 Å². The van der Waals surface area contributed by atoms with Crippen LogP contribution in [0.4, 0.5) is 5.69 Å². The number of hydrogen-bond donors (Lipinski definition) is 3. The Morgan fingerprint density at radius 2 is 1.76 bits per heavy atom. The Morgan fingerprint density at radius 3 is 2.39 bits per heavy atom. The van der Waals surface area contributed by atoms with Crippen LogP contribution in [0.3, 0.4) is 0 Å². The van der Waals surface area contributed by atoms with Crippen molar-refractivity contribution in [2.45, 2.75) is 24.6 Å². The molecule has 0 bridgehead atoms. The highest BCUT2D eigenvalue weighted by molar-refractivity contribution is 7.88. The van der Waals surface area contributed by atoms with Crippen LogP contribution in [-0.2, 0) is 20.6 Å². The van der Waals surface area contributed by atoms with Crippen LogP contribution in [0.25, 0.3) is 10.4 Å². The second-order valence-electron chi connectivity index (χ2n) is 8.67. The molecular weight excluding hydrogens is 575 g/mol. The van der Waals surface area contributed by atoms with Gasteiger partial charge in [-0.2, -0.15) is 0 Å². The molecule has 38 heavy (non-hydrogen) atoms. The molecule has 0 unspecified atom stereocenters. The minimum absolute atomic E-state index is 0.0324. The van der Waals surface area contributed by atoms with E-state index in [4.69, 9.17) is 33.0 Å². The summed E-state index contributed by atoms with van der Waals surface area (Å²) in [5.41, 5.74) is 2.08. The van der Waals surface area contributed by atoms with Crippen LogP contribution < -0.4 is 10.1 Å². The molecule has 3 N–H and O–H groups in total. The van der Waals surface area contributed by atoms with E-state index in [2.05, 4.69) is 5.32 Å². The summed E-state index contributed by atoms with van der Waals surface area (Å²) in [4.78, 5) is 22.8. The van der Waals surface area contributed by atoms with E-state index < -0.39 is 28.6 Å². The van der Waals surface area contributed by atoms with Crippen LogP contribution >= 0.6 is 34.5 Å². The third-order valence-electron chi connectivity index (χ3n) is 5.95. The van der Waals surface area contributed by atoms with Crippen LogP contribution in [0.5, 0.6) is 5.75 Å². The van der Waals surface area contributed by atoms with Gasteiger partial charge in [-0.3, -0.25) is 0 Å². The standard InChI is InChI=1S/C25H24Cl2N2O7S2/c26-17-6-4-15(5-7-17)14-38(34,35)29-10-8-18(9-11-29)28-19-3-1-2-16(12-19)23-21(27)22(36-13-20(30)31)24(37-23)25(32)33/h1-7,12,18,28H,8-11,13-14H2,(H,30,31)(H,32,33). The number of aliphatic carboxylic acids is 1. The van der Waals surface area contributed by atoms with E-state index >= 15 is 0 Å². The lowest BCUT2D eigenvalue weighted by Crippen LogP contribution is -2.42. The van der Waals surface area contributed by atoms with Gasteiger partial charge in [0.1, 0.15) is 5.02 Å². The maximum absolute atomic E-state index is 12.9. The number of anilines is 1. The van der Waals surface area contributed by atoms with Crippen molar-refractivity contribution in [2.75, 3.05) is 25.0 Å². The normalized spacial score (nSPS) is 14.8. The number of carbonyl (C=O) groups is 2. The summed E-state index contributed by atoms with van der Waals surface area (Å²) in [6.45, 7) is 0.0540. The van der Waals surface area contributed by atoms with Gasteiger partial charge in [0.05, 0.1) is 10.6 Å². The van der Waals surface area contributed by atoms with Gasteiger partial charge in [0, 0.05) is 29.8 Å². The summed E-state index contributed by atoms with van der Waals surface area (Å²) >= 11 is 13.2. The number of nitrogens with zero attached hydrogens (tertiary/aromatic N) is 1. The summed E-state index contributed by atoms with van der Waals surface area (Å²) in [5.74, 6) is -2.77. The Hall–Kier alpha value is -2.83. The molecule has 2 aromatic carbocycles. The molecule has 9 nitrogen and oxygen atoms in total. The van der Waals surface area contributed by atoms with Crippen molar-refractivity contribution in [3.8, 4) is 16.2 Å². The fourth-order valence-electron chi connectivity index (χ4n) is 4.13. The first-order valence-electron chi connectivity index (χ1n) is 11.5. The van der Waals surface area contributed by atoms with Crippen LogP contribution in [0, 0.1) is 0 Å². The number of rotatable bonds is 10. The van der Waals surface area contributed by atoms with E-state index in [1.807, 2.05) is 12.1 Å². The maximum Gasteiger partial charge on any atom is 0.349 e. The zero-order valence-electron chi connectivity index (χ0n) is 19.9. The molecule has 0 amide bonds. The van der Waals surface area contributed by atoms with Crippen molar-refractivity contribution in [3.63, 3.8) is 0 Å². The fourth-order valence-corrected chi connectivity index (χ4v) is 7.22. The molecule has 0 spiro atoms. The number of carboxylic acid groups (broad SMARTS) is 2. The van der Waals surface area contributed by atoms with Crippen molar-refractivity contribution in [2.24, 2.45) is 0 Å². The Labute approximate surface area is 233 Å². The van der Waals surface area contributed by atoms with Gasteiger partial charge in [0.15, 0.2) is 17.2 Å².